The number of benzene rings is 1. The number of fused-ring (bicyclic) bond motifs is 3. The predicted molar refractivity (Wildman–Crippen MR) is 134 cm³/mol. The molecule has 37 heavy (non-hydrogen) atoms. The first-order chi connectivity index (χ1) is 17.5. The van der Waals surface area contributed by atoms with Crippen LogP contribution >= 0.6 is 0 Å². The molecular formula is C25H29N5O6S. The molecule has 1 saturated carbocycles. The molecule has 0 bridgehead atoms. The van der Waals surface area contributed by atoms with Gasteiger partial charge >= 0.3 is 11.9 Å². The van der Waals surface area contributed by atoms with Gasteiger partial charge in [0.05, 0.1) is 53.0 Å². The quantitative estimate of drug-likeness (QED) is 0.441. The third kappa shape index (κ3) is 4.32. The smallest absolute Gasteiger partial charge is 0.341 e. The molecule has 1 aliphatic carbocycles. The van der Waals surface area contributed by atoms with E-state index < -0.39 is 21.8 Å². The highest BCUT2D eigenvalue weighted by Crippen LogP contribution is 2.42. The summed E-state index contributed by atoms with van der Waals surface area (Å²) in [7, 11) is -1.14. The molecule has 3 heterocycles. The molecule has 0 N–H and O–H groups in total. The van der Waals surface area contributed by atoms with Crippen LogP contribution in [0.4, 0.5) is 5.95 Å². The maximum absolute atomic E-state index is 12.5. The molecule has 12 heteroatoms. The van der Waals surface area contributed by atoms with Gasteiger partial charge in [-0.3, -0.25) is 0 Å². The largest absolute Gasteiger partial charge is 0.465 e. The molecule has 1 fully saturated rings. The molecule has 5 rings (SSSR count). The van der Waals surface area contributed by atoms with Crippen molar-refractivity contribution in [3.05, 3.63) is 41.0 Å². The molecule has 2 aliphatic rings. The molecule has 11 nitrogen and oxygen atoms in total. The van der Waals surface area contributed by atoms with E-state index in [1.165, 1.54) is 32.5 Å². The van der Waals surface area contributed by atoms with Crippen LogP contribution in [0, 0.1) is 5.92 Å². The van der Waals surface area contributed by atoms with Gasteiger partial charge in [-0.25, -0.2) is 33.0 Å². The summed E-state index contributed by atoms with van der Waals surface area (Å²) in [6.45, 7) is 5.20. The van der Waals surface area contributed by atoms with Crippen LogP contribution in [0.2, 0.25) is 0 Å². The Balaban J connectivity index is 1.64. The lowest BCUT2D eigenvalue weighted by molar-refractivity contribution is 0.0588. The Morgan fingerprint density at radius 3 is 2.30 bits per heavy atom. The third-order valence-corrected chi connectivity index (χ3v) is 8.05. The van der Waals surface area contributed by atoms with Crippen LogP contribution in [-0.2, 0) is 25.9 Å². The molecular weight excluding hydrogens is 498 g/mol. The molecule has 1 aromatic carbocycles. The molecule has 1 atom stereocenters. The van der Waals surface area contributed by atoms with Crippen LogP contribution in [0.3, 0.4) is 0 Å². The van der Waals surface area contributed by atoms with E-state index >= 15 is 0 Å². The number of esters is 2. The predicted octanol–water partition coefficient (Wildman–Crippen LogP) is 2.90. The normalized spacial score (nSPS) is 17.7. The van der Waals surface area contributed by atoms with Gasteiger partial charge in [0.1, 0.15) is 5.82 Å². The van der Waals surface area contributed by atoms with E-state index in [2.05, 4.69) is 23.7 Å². The Kier molecular flexibility index (Phi) is 6.17. The molecule has 0 spiro atoms. The van der Waals surface area contributed by atoms with Crippen LogP contribution in [-0.4, -0.2) is 66.9 Å². The van der Waals surface area contributed by atoms with Gasteiger partial charge in [0, 0.05) is 31.5 Å². The van der Waals surface area contributed by atoms with Crippen LogP contribution in [0.1, 0.15) is 70.9 Å². The fourth-order valence-electron chi connectivity index (χ4n) is 5.04. The molecule has 0 saturated heterocycles. The topological polar surface area (TPSA) is 134 Å². The summed E-state index contributed by atoms with van der Waals surface area (Å²) in [5.74, 6) is 0.372. The second-order valence-electron chi connectivity index (χ2n) is 9.84. The number of imidazole rings is 1. The second kappa shape index (κ2) is 9.09. The summed E-state index contributed by atoms with van der Waals surface area (Å²) < 4.78 is 36.8. The van der Waals surface area contributed by atoms with Gasteiger partial charge in [0.25, 0.3) is 0 Å². The number of anilines is 1. The van der Waals surface area contributed by atoms with Crippen molar-refractivity contribution >= 4 is 38.8 Å². The average molecular weight is 528 g/mol. The minimum absolute atomic E-state index is 0.0401. The van der Waals surface area contributed by atoms with Gasteiger partial charge in [-0.1, -0.05) is 13.8 Å². The summed E-state index contributed by atoms with van der Waals surface area (Å²) in [5, 5.41) is 0. The van der Waals surface area contributed by atoms with Crippen LogP contribution in [0.25, 0.3) is 11.0 Å². The van der Waals surface area contributed by atoms with Crippen molar-refractivity contribution in [3.8, 4) is 0 Å². The fourth-order valence-corrected chi connectivity index (χ4v) is 5.90. The number of rotatable bonds is 6. The van der Waals surface area contributed by atoms with Crippen molar-refractivity contribution < 1.29 is 27.5 Å². The van der Waals surface area contributed by atoms with E-state index in [9.17, 15) is 18.0 Å². The Morgan fingerprint density at radius 1 is 1.03 bits per heavy atom. The number of nitrogens with zero attached hydrogens (tertiary/aromatic N) is 5. The zero-order chi connectivity index (χ0) is 26.6. The molecule has 0 amide bonds. The van der Waals surface area contributed by atoms with Gasteiger partial charge in [-0.15, -0.1) is 0 Å². The lowest BCUT2D eigenvalue weighted by Crippen LogP contribution is -2.42. The number of hydrogen-bond donors (Lipinski definition) is 0. The van der Waals surface area contributed by atoms with E-state index in [0.29, 0.717) is 41.3 Å². The number of sulfone groups is 1. The van der Waals surface area contributed by atoms with Crippen molar-refractivity contribution in [2.45, 2.75) is 50.1 Å². The lowest BCUT2D eigenvalue weighted by Gasteiger charge is -2.38. The summed E-state index contributed by atoms with van der Waals surface area (Å²) in [6.07, 6.45) is 4.54. The number of ether oxygens (including phenoxy) is 2. The van der Waals surface area contributed by atoms with Crippen molar-refractivity contribution in [1.29, 1.82) is 0 Å². The minimum Gasteiger partial charge on any atom is -0.465 e. The Labute approximate surface area is 214 Å². The molecule has 196 valence electrons. The highest BCUT2D eigenvalue weighted by molar-refractivity contribution is 7.90. The number of hydrogen-bond acceptors (Lipinski definition) is 10. The van der Waals surface area contributed by atoms with E-state index in [4.69, 9.17) is 19.4 Å². The first-order valence-corrected chi connectivity index (χ1v) is 14.0. The summed E-state index contributed by atoms with van der Waals surface area (Å²) >= 11 is 0. The summed E-state index contributed by atoms with van der Waals surface area (Å²) in [6, 6.07) is 2.77. The van der Waals surface area contributed by atoms with Crippen molar-refractivity contribution in [2.24, 2.45) is 5.92 Å². The third-order valence-electron chi connectivity index (χ3n) is 6.91. The molecule has 3 aromatic rings. The number of carbonyl (C=O) groups excluding carboxylic acids is 2. The van der Waals surface area contributed by atoms with Gasteiger partial charge in [0.2, 0.25) is 5.95 Å². The molecule has 2 aromatic heterocycles. The minimum atomic E-state index is -3.70. The van der Waals surface area contributed by atoms with Gasteiger partial charge in [0.15, 0.2) is 9.84 Å². The Hall–Kier alpha value is -3.54. The fraction of sp³-hybridized carbons (Fsp3) is 0.480. The molecule has 0 unspecified atom stereocenters. The zero-order valence-electron chi connectivity index (χ0n) is 21.4. The number of aromatic nitrogens is 4. The highest BCUT2D eigenvalue weighted by atomic mass is 32.2. The SMILES string of the molecule is COC(=O)c1cc2nc3n(c2cc1S(C)(=O)=O)CCN(c1ncc(C(=O)OC)c(C2CC2)n1)[C@@H]3C(C)C. The van der Waals surface area contributed by atoms with Gasteiger partial charge in [-0.05, 0) is 30.9 Å². The summed E-state index contributed by atoms with van der Waals surface area (Å²) in [4.78, 5) is 40.9. The Bertz CT molecular complexity index is 1530. The van der Waals surface area contributed by atoms with Crippen molar-refractivity contribution in [1.82, 2.24) is 19.5 Å². The molecule has 0 radical (unpaired) electrons. The zero-order valence-corrected chi connectivity index (χ0v) is 22.2. The van der Waals surface area contributed by atoms with Crippen LogP contribution < -0.4 is 4.90 Å². The van der Waals surface area contributed by atoms with E-state index in [1.54, 1.807) is 0 Å². The van der Waals surface area contributed by atoms with Gasteiger partial charge < -0.3 is 18.9 Å². The average Bonchev–Trinajstić information content (AvgIpc) is 3.65. The first-order valence-electron chi connectivity index (χ1n) is 12.1. The van der Waals surface area contributed by atoms with E-state index in [1.807, 2.05) is 4.57 Å². The van der Waals surface area contributed by atoms with Crippen LogP contribution in [0.5, 0.6) is 0 Å². The molecule has 1 aliphatic heterocycles. The van der Waals surface area contributed by atoms with Crippen LogP contribution in [0.15, 0.2) is 23.2 Å². The number of methoxy groups -OCH3 is 2. The van der Waals surface area contributed by atoms with Crippen molar-refractivity contribution in [3.63, 3.8) is 0 Å². The van der Waals surface area contributed by atoms with Crippen molar-refractivity contribution in [2.75, 3.05) is 31.9 Å². The Morgan fingerprint density at radius 2 is 1.70 bits per heavy atom. The first kappa shape index (κ1) is 25.1. The van der Waals surface area contributed by atoms with Gasteiger partial charge in [-0.2, -0.15) is 0 Å². The highest BCUT2D eigenvalue weighted by Gasteiger charge is 2.37. The summed E-state index contributed by atoms with van der Waals surface area (Å²) in [5.41, 5.74) is 2.20. The maximum atomic E-state index is 12.5. The maximum Gasteiger partial charge on any atom is 0.341 e. The second-order valence-corrected chi connectivity index (χ2v) is 11.8. The van der Waals surface area contributed by atoms with E-state index in [0.717, 1.165) is 24.9 Å². The monoisotopic (exact) mass is 527 g/mol. The number of carbonyl (C=O) groups is 2. The standard InChI is InChI=1S/C25H29N5O6S/c1-13(2)21-22-27-17-10-15(23(31)35-3)19(37(5,33)34)11-18(17)29(22)8-9-30(21)25-26-12-16(24(32)36-4)20(28-25)14-6-7-14/h10-14,21H,6-9H2,1-5H3/t21-/m1/s1. The lowest BCUT2D eigenvalue weighted by atomic mass is 10.00. The van der Waals surface area contributed by atoms with E-state index in [-0.39, 0.29) is 28.3 Å².